The molecule has 0 bridgehead atoms. The molecule has 3 N–H and O–H groups in total. The molecule has 18 heavy (non-hydrogen) atoms. The molecule has 0 amide bonds. The van der Waals surface area contributed by atoms with Crippen LogP contribution in [0.3, 0.4) is 0 Å². The number of phenols is 1. The summed E-state index contributed by atoms with van der Waals surface area (Å²) in [6.07, 6.45) is 0.634. The number of benzene rings is 2. The molecule has 3 heteroatoms. The molecule has 0 aromatic heterocycles. The predicted molar refractivity (Wildman–Crippen MR) is 73.8 cm³/mol. The van der Waals surface area contributed by atoms with E-state index >= 15 is 0 Å². The Morgan fingerprint density at radius 1 is 1.00 bits per heavy atom. The van der Waals surface area contributed by atoms with E-state index in [0.717, 1.165) is 11.3 Å². The third-order valence-electron chi connectivity index (χ3n) is 2.39. The lowest BCUT2D eigenvalue weighted by atomic mass is 10.1. The molecule has 3 nitrogen and oxygen atoms in total. The first-order valence-electron chi connectivity index (χ1n) is 5.60. The molecule has 0 saturated heterocycles. The molecule has 2 rings (SSSR count). The van der Waals surface area contributed by atoms with Crippen LogP contribution in [0, 0.1) is 13.8 Å². The summed E-state index contributed by atoms with van der Waals surface area (Å²) >= 11 is 0. The molecule has 0 aliphatic rings. The number of rotatable bonds is 1. The standard InChI is InChI=1S/C8H8O2.C7H9N/c1-6-2-3-7(5-9)8(10)4-6;1-6-2-4-7(8)5-3-6/h2-5,10H,1H3;2-5H,8H2,1H3. The highest BCUT2D eigenvalue weighted by Crippen LogP contribution is 2.15. The molecular formula is C15H17NO2. The SMILES string of the molecule is Cc1ccc(C=O)c(O)c1.Cc1ccc(N)cc1. The molecule has 94 valence electrons. The maximum atomic E-state index is 10.2. The van der Waals surface area contributed by atoms with Crippen molar-refractivity contribution in [2.45, 2.75) is 13.8 Å². The van der Waals surface area contributed by atoms with Gasteiger partial charge in [-0.1, -0.05) is 23.8 Å². The Labute approximate surface area is 107 Å². The average molecular weight is 243 g/mol. The van der Waals surface area contributed by atoms with Crippen molar-refractivity contribution in [3.05, 3.63) is 59.2 Å². The van der Waals surface area contributed by atoms with Gasteiger partial charge in [0.25, 0.3) is 0 Å². The van der Waals surface area contributed by atoms with E-state index in [1.165, 1.54) is 5.56 Å². The van der Waals surface area contributed by atoms with Gasteiger partial charge in [-0.3, -0.25) is 4.79 Å². The molecule has 2 aromatic rings. The van der Waals surface area contributed by atoms with Crippen molar-refractivity contribution in [1.29, 1.82) is 0 Å². The Bertz CT molecular complexity index is 498. The van der Waals surface area contributed by atoms with Gasteiger partial charge in [-0.05, 0) is 43.7 Å². The first-order chi connectivity index (χ1) is 8.52. The van der Waals surface area contributed by atoms with Crippen molar-refractivity contribution >= 4 is 12.0 Å². The van der Waals surface area contributed by atoms with E-state index in [0.29, 0.717) is 11.8 Å². The van der Waals surface area contributed by atoms with E-state index in [-0.39, 0.29) is 5.75 Å². The third-order valence-corrected chi connectivity index (χ3v) is 2.39. The van der Waals surface area contributed by atoms with Gasteiger partial charge in [0.05, 0.1) is 5.56 Å². The number of nitrogen functional groups attached to an aromatic ring is 1. The molecule has 0 aliphatic heterocycles. The smallest absolute Gasteiger partial charge is 0.153 e. The fourth-order valence-corrected chi connectivity index (χ4v) is 1.32. The third kappa shape index (κ3) is 4.29. The summed E-state index contributed by atoms with van der Waals surface area (Å²) in [6.45, 7) is 3.90. The number of aryl methyl sites for hydroxylation is 2. The molecule has 0 spiro atoms. The molecular weight excluding hydrogens is 226 g/mol. The zero-order valence-electron chi connectivity index (χ0n) is 10.6. The Morgan fingerprint density at radius 2 is 1.56 bits per heavy atom. The number of hydrogen-bond donors (Lipinski definition) is 2. The Kier molecular flexibility index (Phi) is 4.93. The second-order valence-corrected chi connectivity index (χ2v) is 4.09. The van der Waals surface area contributed by atoms with Crippen LogP contribution in [-0.4, -0.2) is 11.4 Å². The Hall–Kier alpha value is -2.29. The number of carbonyl (C=O) groups excluding carboxylic acids is 1. The van der Waals surface area contributed by atoms with E-state index in [4.69, 9.17) is 10.8 Å². The van der Waals surface area contributed by atoms with Gasteiger partial charge in [0.2, 0.25) is 0 Å². The van der Waals surface area contributed by atoms with Gasteiger partial charge < -0.3 is 10.8 Å². The van der Waals surface area contributed by atoms with Crippen LogP contribution in [0.4, 0.5) is 5.69 Å². The van der Waals surface area contributed by atoms with Gasteiger partial charge >= 0.3 is 0 Å². The zero-order valence-corrected chi connectivity index (χ0v) is 10.6. The molecule has 2 aromatic carbocycles. The highest BCUT2D eigenvalue weighted by Gasteiger charge is 1.96. The number of aromatic hydroxyl groups is 1. The average Bonchev–Trinajstić information content (AvgIpc) is 2.34. The zero-order chi connectivity index (χ0) is 13.5. The summed E-state index contributed by atoms with van der Waals surface area (Å²) in [5.74, 6) is 0.0509. The summed E-state index contributed by atoms with van der Waals surface area (Å²) in [4.78, 5) is 10.2. The molecule has 0 heterocycles. The Morgan fingerprint density at radius 3 is 2.00 bits per heavy atom. The van der Waals surface area contributed by atoms with E-state index in [1.807, 2.05) is 38.1 Å². The van der Waals surface area contributed by atoms with Crippen LogP contribution in [0.5, 0.6) is 5.75 Å². The second-order valence-electron chi connectivity index (χ2n) is 4.09. The summed E-state index contributed by atoms with van der Waals surface area (Å²) in [6, 6.07) is 12.7. The normalized spacial score (nSPS) is 9.22. The number of hydrogen-bond acceptors (Lipinski definition) is 3. The first kappa shape index (κ1) is 13.8. The van der Waals surface area contributed by atoms with Crippen LogP contribution >= 0.6 is 0 Å². The van der Waals surface area contributed by atoms with Gasteiger partial charge in [0, 0.05) is 5.69 Å². The topological polar surface area (TPSA) is 63.3 Å². The van der Waals surface area contributed by atoms with Crippen molar-refractivity contribution in [3.63, 3.8) is 0 Å². The molecule has 0 fully saturated rings. The lowest BCUT2D eigenvalue weighted by molar-refractivity contribution is 0.112. The fourth-order valence-electron chi connectivity index (χ4n) is 1.32. The maximum Gasteiger partial charge on any atom is 0.153 e. The summed E-state index contributed by atoms with van der Waals surface area (Å²) < 4.78 is 0. The van der Waals surface area contributed by atoms with Crippen molar-refractivity contribution in [3.8, 4) is 5.75 Å². The minimum atomic E-state index is 0.0509. The molecule has 0 atom stereocenters. The quantitative estimate of drug-likeness (QED) is 0.597. The molecule has 0 aliphatic carbocycles. The highest BCUT2D eigenvalue weighted by molar-refractivity contribution is 5.79. The van der Waals surface area contributed by atoms with Gasteiger partial charge in [-0.25, -0.2) is 0 Å². The van der Waals surface area contributed by atoms with E-state index < -0.39 is 0 Å². The summed E-state index contributed by atoms with van der Waals surface area (Å²) in [5, 5.41) is 9.06. The monoisotopic (exact) mass is 243 g/mol. The van der Waals surface area contributed by atoms with Gasteiger partial charge in [-0.2, -0.15) is 0 Å². The minimum Gasteiger partial charge on any atom is -0.507 e. The second kappa shape index (κ2) is 6.45. The number of carbonyl (C=O) groups is 1. The van der Waals surface area contributed by atoms with Gasteiger partial charge in [-0.15, -0.1) is 0 Å². The minimum absolute atomic E-state index is 0.0509. The number of phenolic OH excluding ortho intramolecular Hbond substituents is 1. The van der Waals surface area contributed by atoms with Crippen LogP contribution in [0.25, 0.3) is 0 Å². The fraction of sp³-hybridized carbons (Fsp3) is 0.133. The first-order valence-corrected chi connectivity index (χ1v) is 5.60. The number of aldehydes is 1. The van der Waals surface area contributed by atoms with Crippen molar-refractivity contribution in [2.24, 2.45) is 0 Å². The molecule has 0 saturated carbocycles. The van der Waals surface area contributed by atoms with E-state index in [1.54, 1.807) is 18.2 Å². The summed E-state index contributed by atoms with van der Waals surface area (Å²) in [5.41, 5.74) is 8.79. The summed E-state index contributed by atoms with van der Waals surface area (Å²) in [7, 11) is 0. The lowest BCUT2D eigenvalue weighted by Crippen LogP contribution is -1.81. The van der Waals surface area contributed by atoms with E-state index in [9.17, 15) is 4.79 Å². The van der Waals surface area contributed by atoms with Crippen LogP contribution in [0.2, 0.25) is 0 Å². The highest BCUT2D eigenvalue weighted by atomic mass is 16.3. The largest absolute Gasteiger partial charge is 0.507 e. The van der Waals surface area contributed by atoms with Gasteiger partial charge in [0.1, 0.15) is 5.75 Å². The van der Waals surface area contributed by atoms with Crippen molar-refractivity contribution < 1.29 is 9.90 Å². The van der Waals surface area contributed by atoms with Crippen LogP contribution in [0.15, 0.2) is 42.5 Å². The lowest BCUT2D eigenvalue weighted by Gasteiger charge is -1.96. The predicted octanol–water partition coefficient (Wildman–Crippen LogP) is 3.09. The van der Waals surface area contributed by atoms with E-state index in [2.05, 4.69) is 0 Å². The Balaban J connectivity index is 0.000000184. The number of nitrogens with two attached hydrogens (primary N) is 1. The number of anilines is 1. The molecule has 0 unspecified atom stereocenters. The van der Waals surface area contributed by atoms with Crippen LogP contribution in [0.1, 0.15) is 21.5 Å². The van der Waals surface area contributed by atoms with Crippen molar-refractivity contribution in [2.75, 3.05) is 5.73 Å². The molecule has 0 radical (unpaired) electrons. The van der Waals surface area contributed by atoms with Crippen molar-refractivity contribution in [1.82, 2.24) is 0 Å². The van der Waals surface area contributed by atoms with Crippen LogP contribution in [-0.2, 0) is 0 Å². The van der Waals surface area contributed by atoms with Crippen LogP contribution < -0.4 is 5.73 Å². The maximum absolute atomic E-state index is 10.2. The van der Waals surface area contributed by atoms with Gasteiger partial charge in [0.15, 0.2) is 6.29 Å².